The van der Waals surface area contributed by atoms with E-state index < -0.39 is 11.7 Å². The Bertz CT molecular complexity index is 471. The molecule has 15 heavy (non-hydrogen) atoms. The maximum Gasteiger partial charge on any atom is 0.417 e. The second-order valence-corrected chi connectivity index (χ2v) is 3.65. The Labute approximate surface area is 86.7 Å². The standard InChI is InChI=1S/C8H6F3N3S/c9-8(10,11)5-3-15-2-4(5)6-1-7(12)14-13-6/h1-3H,(H3,12,13,14). The minimum atomic E-state index is -4.35. The third-order valence-electron chi connectivity index (χ3n) is 1.86. The zero-order valence-electron chi connectivity index (χ0n) is 7.30. The molecule has 0 saturated heterocycles. The number of H-pyrrole nitrogens is 1. The molecule has 0 amide bonds. The number of anilines is 1. The minimum absolute atomic E-state index is 0.0803. The number of halogens is 3. The van der Waals surface area contributed by atoms with Gasteiger partial charge in [0.1, 0.15) is 5.82 Å². The van der Waals surface area contributed by atoms with E-state index in [1.165, 1.54) is 11.4 Å². The number of nitrogens with one attached hydrogen (secondary N) is 1. The summed E-state index contributed by atoms with van der Waals surface area (Å²) in [5.74, 6) is 0.171. The van der Waals surface area contributed by atoms with E-state index in [0.717, 1.165) is 16.7 Å². The Morgan fingerprint density at radius 1 is 1.33 bits per heavy atom. The molecule has 0 radical (unpaired) electrons. The number of nitrogens with zero attached hydrogens (tertiary/aromatic N) is 1. The molecule has 0 aliphatic heterocycles. The number of hydrogen-bond donors (Lipinski definition) is 2. The molecule has 2 aromatic heterocycles. The first kappa shape index (κ1) is 10.0. The molecule has 3 nitrogen and oxygen atoms in total. The van der Waals surface area contributed by atoms with Gasteiger partial charge in [0.05, 0.1) is 11.3 Å². The fraction of sp³-hybridized carbons (Fsp3) is 0.125. The molecule has 0 bridgehead atoms. The number of thiophene rings is 1. The summed E-state index contributed by atoms with van der Waals surface area (Å²) in [5.41, 5.74) is 5.01. The lowest BCUT2D eigenvalue weighted by atomic mass is 10.1. The summed E-state index contributed by atoms with van der Waals surface area (Å²) in [6, 6.07) is 1.37. The van der Waals surface area contributed by atoms with Gasteiger partial charge in [0.15, 0.2) is 0 Å². The highest BCUT2D eigenvalue weighted by Gasteiger charge is 2.34. The van der Waals surface area contributed by atoms with Crippen LogP contribution >= 0.6 is 11.3 Å². The molecular weight excluding hydrogens is 227 g/mol. The molecule has 7 heteroatoms. The van der Waals surface area contributed by atoms with Crippen LogP contribution in [0.25, 0.3) is 11.3 Å². The first-order chi connectivity index (χ1) is 6.98. The topological polar surface area (TPSA) is 54.7 Å². The summed E-state index contributed by atoms with van der Waals surface area (Å²) in [6.45, 7) is 0. The number of nitrogen functional groups attached to an aromatic ring is 1. The molecular formula is C8H6F3N3S. The third-order valence-corrected chi connectivity index (χ3v) is 2.60. The Hall–Kier alpha value is -1.50. The van der Waals surface area contributed by atoms with Gasteiger partial charge in [-0.3, -0.25) is 5.10 Å². The third kappa shape index (κ3) is 1.82. The van der Waals surface area contributed by atoms with Crippen molar-refractivity contribution in [2.24, 2.45) is 0 Å². The zero-order chi connectivity index (χ0) is 11.1. The van der Waals surface area contributed by atoms with E-state index in [0.29, 0.717) is 0 Å². The first-order valence-corrected chi connectivity index (χ1v) is 4.87. The Morgan fingerprint density at radius 2 is 2.07 bits per heavy atom. The highest BCUT2D eigenvalue weighted by molar-refractivity contribution is 7.08. The van der Waals surface area contributed by atoms with Crippen LogP contribution in [0, 0.1) is 0 Å². The van der Waals surface area contributed by atoms with Crippen LogP contribution in [0.5, 0.6) is 0 Å². The van der Waals surface area contributed by atoms with E-state index in [9.17, 15) is 13.2 Å². The van der Waals surface area contributed by atoms with Gasteiger partial charge >= 0.3 is 6.18 Å². The number of alkyl halides is 3. The molecule has 2 rings (SSSR count). The van der Waals surface area contributed by atoms with Gasteiger partial charge < -0.3 is 5.73 Å². The molecule has 0 saturated carbocycles. The lowest BCUT2D eigenvalue weighted by molar-refractivity contribution is -0.136. The molecule has 0 spiro atoms. The van der Waals surface area contributed by atoms with Crippen molar-refractivity contribution in [3.63, 3.8) is 0 Å². The maximum atomic E-state index is 12.5. The number of nitrogens with two attached hydrogens (primary N) is 1. The number of aromatic amines is 1. The van der Waals surface area contributed by atoms with Gasteiger partial charge in [-0.2, -0.15) is 29.6 Å². The molecule has 2 aromatic rings. The van der Waals surface area contributed by atoms with Gasteiger partial charge in [0, 0.05) is 22.4 Å². The van der Waals surface area contributed by atoms with Gasteiger partial charge in [0.25, 0.3) is 0 Å². The van der Waals surface area contributed by atoms with Crippen molar-refractivity contribution in [2.75, 3.05) is 5.73 Å². The summed E-state index contributed by atoms with van der Waals surface area (Å²) in [7, 11) is 0. The SMILES string of the molecule is Nc1cc(-c2cscc2C(F)(F)F)[nH]n1. The fourth-order valence-corrected chi connectivity index (χ4v) is 2.06. The monoisotopic (exact) mass is 233 g/mol. The van der Waals surface area contributed by atoms with Crippen molar-refractivity contribution in [3.8, 4) is 11.3 Å². The molecule has 0 aliphatic rings. The van der Waals surface area contributed by atoms with Crippen LogP contribution in [0.3, 0.4) is 0 Å². The maximum absolute atomic E-state index is 12.5. The van der Waals surface area contributed by atoms with Crippen molar-refractivity contribution in [1.82, 2.24) is 10.2 Å². The Morgan fingerprint density at radius 3 is 2.60 bits per heavy atom. The molecule has 0 fully saturated rings. The number of hydrogen-bond acceptors (Lipinski definition) is 3. The first-order valence-electron chi connectivity index (χ1n) is 3.93. The van der Waals surface area contributed by atoms with Crippen LogP contribution in [0.4, 0.5) is 19.0 Å². The molecule has 0 aromatic carbocycles. The van der Waals surface area contributed by atoms with Gasteiger partial charge in [-0.05, 0) is 0 Å². The molecule has 0 unspecified atom stereocenters. The molecule has 3 N–H and O–H groups in total. The van der Waals surface area contributed by atoms with Crippen molar-refractivity contribution < 1.29 is 13.2 Å². The summed E-state index contributed by atoms with van der Waals surface area (Å²) in [4.78, 5) is 0. The summed E-state index contributed by atoms with van der Waals surface area (Å²) < 4.78 is 37.5. The average molecular weight is 233 g/mol. The van der Waals surface area contributed by atoms with Gasteiger partial charge in [-0.15, -0.1) is 0 Å². The lowest BCUT2D eigenvalue weighted by Crippen LogP contribution is -2.04. The van der Waals surface area contributed by atoms with E-state index in [-0.39, 0.29) is 17.1 Å². The van der Waals surface area contributed by atoms with E-state index in [1.54, 1.807) is 0 Å². The lowest BCUT2D eigenvalue weighted by Gasteiger charge is -2.05. The van der Waals surface area contributed by atoms with Crippen LogP contribution in [0.15, 0.2) is 16.8 Å². The van der Waals surface area contributed by atoms with Crippen LogP contribution in [0.2, 0.25) is 0 Å². The molecule has 0 atom stereocenters. The molecule has 0 aliphatic carbocycles. The van der Waals surface area contributed by atoms with Crippen molar-refractivity contribution in [2.45, 2.75) is 6.18 Å². The van der Waals surface area contributed by atoms with Crippen LogP contribution in [-0.2, 0) is 6.18 Å². The zero-order valence-corrected chi connectivity index (χ0v) is 8.12. The van der Waals surface area contributed by atoms with Crippen LogP contribution in [-0.4, -0.2) is 10.2 Å². The second kappa shape index (κ2) is 3.27. The van der Waals surface area contributed by atoms with Crippen molar-refractivity contribution in [3.05, 3.63) is 22.4 Å². The van der Waals surface area contributed by atoms with E-state index in [2.05, 4.69) is 10.2 Å². The average Bonchev–Trinajstić information content (AvgIpc) is 2.68. The summed E-state index contributed by atoms with van der Waals surface area (Å²) in [6.07, 6.45) is -4.35. The highest BCUT2D eigenvalue weighted by Crippen LogP contribution is 2.38. The Balaban J connectivity index is 2.50. The summed E-state index contributed by atoms with van der Waals surface area (Å²) in [5, 5.41) is 8.51. The number of aromatic nitrogens is 2. The van der Waals surface area contributed by atoms with Crippen molar-refractivity contribution in [1.29, 1.82) is 0 Å². The largest absolute Gasteiger partial charge is 0.417 e. The molecule has 80 valence electrons. The Kier molecular flexibility index (Phi) is 2.18. The second-order valence-electron chi connectivity index (χ2n) is 2.90. The normalized spacial score (nSPS) is 11.9. The predicted octanol–water partition coefficient (Wildman–Crippen LogP) is 2.74. The van der Waals surface area contributed by atoms with Gasteiger partial charge in [-0.25, -0.2) is 0 Å². The van der Waals surface area contributed by atoms with E-state index in [1.807, 2.05) is 0 Å². The van der Waals surface area contributed by atoms with Gasteiger partial charge in [-0.1, -0.05) is 0 Å². The smallest absolute Gasteiger partial charge is 0.382 e. The fourth-order valence-electron chi connectivity index (χ4n) is 1.20. The van der Waals surface area contributed by atoms with E-state index >= 15 is 0 Å². The molecule has 2 heterocycles. The number of rotatable bonds is 1. The minimum Gasteiger partial charge on any atom is -0.382 e. The highest BCUT2D eigenvalue weighted by atomic mass is 32.1. The van der Waals surface area contributed by atoms with Crippen LogP contribution < -0.4 is 5.73 Å². The predicted molar refractivity (Wildman–Crippen MR) is 51.3 cm³/mol. The quantitative estimate of drug-likeness (QED) is 0.795. The summed E-state index contributed by atoms with van der Waals surface area (Å²) >= 11 is 0.989. The van der Waals surface area contributed by atoms with Crippen LogP contribution in [0.1, 0.15) is 5.56 Å². The van der Waals surface area contributed by atoms with Crippen molar-refractivity contribution >= 4 is 17.2 Å². The van der Waals surface area contributed by atoms with E-state index in [4.69, 9.17) is 5.73 Å². The van der Waals surface area contributed by atoms with Gasteiger partial charge in [0.2, 0.25) is 0 Å².